The van der Waals surface area contributed by atoms with E-state index in [2.05, 4.69) is 0 Å². The molecule has 0 saturated heterocycles. The standard InChI is InChI=1S/C16H16O5/c1-4-10-7-11-13(21-9(3)18)6-5-12(19)15(11)16(20)14(10)8(2)17/h5-7,19-20H,4H2,1-3H3. The SMILES string of the molecule is CCc1cc2c(OC(C)=O)ccc(O)c2c(O)c1C(C)=O. The van der Waals surface area contributed by atoms with Crippen LogP contribution in [0.25, 0.3) is 10.8 Å². The van der Waals surface area contributed by atoms with E-state index in [0.29, 0.717) is 17.4 Å². The fourth-order valence-electron chi connectivity index (χ4n) is 2.42. The lowest BCUT2D eigenvalue weighted by molar-refractivity contribution is -0.131. The van der Waals surface area contributed by atoms with E-state index in [1.807, 2.05) is 6.92 Å². The van der Waals surface area contributed by atoms with Crippen LogP contribution in [-0.2, 0) is 11.2 Å². The van der Waals surface area contributed by atoms with Crippen molar-refractivity contribution < 1.29 is 24.5 Å². The summed E-state index contributed by atoms with van der Waals surface area (Å²) in [6, 6.07) is 4.42. The second kappa shape index (κ2) is 5.44. The summed E-state index contributed by atoms with van der Waals surface area (Å²) in [6.07, 6.45) is 0.521. The molecule has 0 unspecified atom stereocenters. The van der Waals surface area contributed by atoms with Crippen LogP contribution in [0.5, 0.6) is 17.2 Å². The van der Waals surface area contributed by atoms with E-state index in [1.165, 1.54) is 26.0 Å². The first-order valence-corrected chi connectivity index (χ1v) is 6.56. The number of phenols is 2. The Morgan fingerprint density at radius 3 is 2.38 bits per heavy atom. The Morgan fingerprint density at radius 2 is 1.86 bits per heavy atom. The van der Waals surface area contributed by atoms with Crippen molar-refractivity contribution in [3.8, 4) is 17.2 Å². The van der Waals surface area contributed by atoms with Crippen molar-refractivity contribution in [2.45, 2.75) is 27.2 Å². The highest BCUT2D eigenvalue weighted by atomic mass is 16.5. The number of ether oxygens (including phenoxy) is 1. The summed E-state index contributed by atoms with van der Waals surface area (Å²) in [6.45, 7) is 4.47. The molecular weight excluding hydrogens is 272 g/mol. The number of aryl methyl sites for hydroxylation is 1. The van der Waals surface area contributed by atoms with Gasteiger partial charge in [-0.3, -0.25) is 9.59 Å². The summed E-state index contributed by atoms with van der Waals surface area (Å²) in [4.78, 5) is 22.9. The summed E-state index contributed by atoms with van der Waals surface area (Å²) in [5, 5.41) is 20.8. The van der Waals surface area contributed by atoms with Gasteiger partial charge in [0.1, 0.15) is 17.2 Å². The lowest BCUT2D eigenvalue weighted by Crippen LogP contribution is -2.04. The molecule has 110 valence electrons. The van der Waals surface area contributed by atoms with Gasteiger partial charge in [0, 0.05) is 12.3 Å². The highest BCUT2D eigenvalue weighted by Crippen LogP contribution is 2.42. The summed E-state index contributed by atoms with van der Waals surface area (Å²) in [5.41, 5.74) is 0.812. The Labute approximate surface area is 121 Å². The van der Waals surface area contributed by atoms with Gasteiger partial charge in [0.05, 0.1) is 10.9 Å². The van der Waals surface area contributed by atoms with Crippen molar-refractivity contribution in [1.29, 1.82) is 0 Å². The molecule has 2 aromatic rings. The average Bonchev–Trinajstić information content (AvgIpc) is 2.40. The first-order chi connectivity index (χ1) is 9.86. The van der Waals surface area contributed by atoms with Crippen molar-refractivity contribution >= 4 is 22.5 Å². The number of aromatic hydroxyl groups is 2. The van der Waals surface area contributed by atoms with E-state index in [9.17, 15) is 19.8 Å². The predicted molar refractivity (Wildman–Crippen MR) is 78.0 cm³/mol. The molecule has 5 nitrogen and oxygen atoms in total. The van der Waals surface area contributed by atoms with Gasteiger partial charge in [-0.05, 0) is 37.1 Å². The maximum Gasteiger partial charge on any atom is 0.308 e. The first-order valence-electron chi connectivity index (χ1n) is 6.56. The van der Waals surface area contributed by atoms with Gasteiger partial charge in [-0.25, -0.2) is 0 Å². The molecule has 0 heterocycles. The van der Waals surface area contributed by atoms with Gasteiger partial charge < -0.3 is 14.9 Å². The van der Waals surface area contributed by atoms with Gasteiger partial charge in [-0.2, -0.15) is 0 Å². The molecule has 0 amide bonds. The molecule has 2 aromatic carbocycles. The number of rotatable bonds is 3. The lowest BCUT2D eigenvalue weighted by atomic mass is 9.94. The molecule has 0 atom stereocenters. The van der Waals surface area contributed by atoms with Crippen LogP contribution < -0.4 is 4.74 Å². The van der Waals surface area contributed by atoms with Crippen LogP contribution in [0.4, 0.5) is 0 Å². The molecular formula is C16H16O5. The molecule has 0 saturated carbocycles. The lowest BCUT2D eigenvalue weighted by Gasteiger charge is -2.14. The number of hydrogen-bond acceptors (Lipinski definition) is 5. The number of carbonyl (C=O) groups is 2. The van der Waals surface area contributed by atoms with E-state index in [0.717, 1.165) is 0 Å². The molecule has 0 fully saturated rings. The number of fused-ring (bicyclic) bond motifs is 1. The fraction of sp³-hybridized carbons (Fsp3) is 0.250. The van der Waals surface area contributed by atoms with Crippen molar-refractivity contribution in [2.75, 3.05) is 0 Å². The van der Waals surface area contributed by atoms with Gasteiger partial charge in [0.15, 0.2) is 5.78 Å². The third kappa shape index (κ3) is 2.54. The Hall–Kier alpha value is -2.56. The van der Waals surface area contributed by atoms with Crippen molar-refractivity contribution in [1.82, 2.24) is 0 Å². The minimum Gasteiger partial charge on any atom is -0.507 e. The maximum atomic E-state index is 11.7. The Bertz CT molecular complexity index is 746. The van der Waals surface area contributed by atoms with E-state index >= 15 is 0 Å². The smallest absolute Gasteiger partial charge is 0.308 e. The summed E-state index contributed by atoms with van der Waals surface area (Å²) < 4.78 is 5.09. The molecule has 0 radical (unpaired) electrons. The van der Waals surface area contributed by atoms with Crippen LogP contribution in [0, 0.1) is 0 Å². The number of esters is 1. The molecule has 0 bridgehead atoms. The molecule has 0 aliphatic rings. The topological polar surface area (TPSA) is 83.8 Å². The maximum absolute atomic E-state index is 11.7. The summed E-state index contributed by atoms with van der Waals surface area (Å²) in [7, 11) is 0. The van der Waals surface area contributed by atoms with E-state index in [1.54, 1.807) is 6.07 Å². The van der Waals surface area contributed by atoms with E-state index in [4.69, 9.17) is 4.74 Å². The number of Topliss-reactive ketones (excluding diaryl/α,β-unsaturated/α-hetero) is 1. The third-order valence-electron chi connectivity index (χ3n) is 3.28. The van der Waals surface area contributed by atoms with E-state index < -0.39 is 5.97 Å². The van der Waals surface area contributed by atoms with Gasteiger partial charge in [-0.15, -0.1) is 0 Å². The molecule has 0 aromatic heterocycles. The fourth-order valence-corrected chi connectivity index (χ4v) is 2.42. The highest BCUT2D eigenvalue weighted by Gasteiger charge is 2.20. The molecule has 2 rings (SSSR count). The zero-order chi connectivity index (χ0) is 15.7. The molecule has 5 heteroatoms. The average molecular weight is 288 g/mol. The Kier molecular flexibility index (Phi) is 3.84. The van der Waals surface area contributed by atoms with Gasteiger partial charge in [0.25, 0.3) is 0 Å². The van der Waals surface area contributed by atoms with Crippen molar-refractivity contribution in [3.05, 3.63) is 29.3 Å². The number of carbonyl (C=O) groups excluding carboxylic acids is 2. The first kappa shape index (κ1) is 14.8. The van der Waals surface area contributed by atoms with Crippen LogP contribution >= 0.6 is 0 Å². The highest BCUT2D eigenvalue weighted by molar-refractivity contribution is 6.08. The van der Waals surface area contributed by atoms with Crippen LogP contribution in [0.2, 0.25) is 0 Å². The van der Waals surface area contributed by atoms with Crippen LogP contribution in [0.1, 0.15) is 36.7 Å². The van der Waals surface area contributed by atoms with E-state index in [-0.39, 0.29) is 34.0 Å². The van der Waals surface area contributed by atoms with Gasteiger partial charge in [0.2, 0.25) is 0 Å². The number of hydrogen-bond donors (Lipinski definition) is 2. The summed E-state index contributed by atoms with van der Waals surface area (Å²) >= 11 is 0. The molecule has 0 aliphatic heterocycles. The number of benzene rings is 2. The minimum atomic E-state index is -0.504. The largest absolute Gasteiger partial charge is 0.507 e. The van der Waals surface area contributed by atoms with Crippen molar-refractivity contribution in [3.63, 3.8) is 0 Å². The van der Waals surface area contributed by atoms with Crippen LogP contribution in [-0.4, -0.2) is 22.0 Å². The molecule has 0 aliphatic carbocycles. The Balaban J connectivity index is 2.91. The quantitative estimate of drug-likeness (QED) is 0.515. The molecule has 2 N–H and O–H groups in total. The predicted octanol–water partition coefficient (Wildman–Crippen LogP) is 2.94. The molecule has 0 spiro atoms. The van der Waals surface area contributed by atoms with Crippen LogP contribution in [0.15, 0.2) is 18.2 Å². The van der Waals surface area contributed by atoms with Gasteiger partial charge >= 0.3 is 5.97 Å². The third-order valence-corrected chi connectivity index (χ3v) is 3.28. The number of phenolic OH excluding ortho intramolecular Hbond substituents is 2. The minimum absolute atomic E-state index is 0.108. The normalized spacial score (nSPS) is 10.6. The Morgan fingerprint density at radius 1 is 1.19 bits per heavy atom. The van der Waals surface area contributed by atoms with Crippen LogP contribution in [0.3, 0.4) is 0 Å². The second-order valence-electron chi connectivity index (χ2n) is 4.77. The second-order valence-corrected chi connectivity index (χ2v) is 4.77. The zero-order valence-electron chi connectivity index (χ0n) is 12.1. The molecule has 21 heavy (non-hydrogen) atoms. The monoisotopic (exact) mass is 288 g/mol. The van der Waals surface area contributed by atoms with Gasteiger partial charge in [-0.1, -0.05) is 6.92 Å². The zero-order valence-corrected chi connectivity index (χ0v) is 12.1. The number of ketones is 1. The van der Waals surface area contributed by atoms with Crippen molar-refractivity contribution in [2.24, 2.45) is 0 Å². The summed E-state index contributed by atoms with van der Waals surface area (Å²) in [5.74, 6) is -1.03.